The molecule has 1 aromatic carbocycles. The molecule has 0 bridgehead atoms. The van der Waals surface area contributed by atoms with Crippen molar-refractivity contribution < 1.29 is 9.53 Å². The first kappa shape index (κ1) is 14.4. The molecule has 0 spiro atoms. The van der Waals surface area contributed by atoms with Crippen LogP contribution in [0.3, 0.4) is 0 Å². The van der Waals surface area contributed by atoms with Gasteiger partial charge in [-0.3, -0.25) is 4.79 Å². The number of rotatable bonds is 5. The highest BCUT2D eigenvalue weighted by molar-refractivity contribution is 5.94. The standard InChI is InChI=1S/C17H24N2O2/c1-12(21-11-13-5-6-13)17(20)18-15-7-8-16-14(10-15)4-3-9-19(16)2/h7-8,10,12-13H,3-6,9,11H2,1-2H3,(H,18,20). The first-order chi connectivity index (χ1) is 10.1. The van der Waals surface area contributed by atoms with E-state index in [0.29, 0.717) is 12.5 Å². The number of anilines is 2. The highest BCUT2D eigenvalue weighted by Crippen LogP contribution is 2.30. The molecular formula is C17H24N2O2. The SMILES string of the molecule is CC(OCC1CC1)C(=O)Nc1ccc2c(c1)CCCN2C. The van der Waals surface area contributed by atoms with Crippen molar-refractivity contribution in [3.05, 3.63) is 23.8 Å². The zero-order valence-corrected chi connectivity index (χ0v) is 12.9. The van der Waals surface area contributed by atoms with Crippen LogP contribution in [0.25, 0.3) is 0 Å². The lowest BCUT2D eigenvalue weighted by atomic mass is 10.0. The molecule has 2 aliphatic rings. The van der Waals surface area contributed by atoms with Crippen molar-refractivity contribution in [2.45, 2.75) is 38.7 Å². The first-order valence-electron chi connectivity index (χ1n) is 7.90. The van der Waals surface area contributed by atoms with Crippen LogP contribution in [0.5, 0.6) is 0 Å². The molecule has 1 atom stereocenters. The van der Waals surface area contributed by atoms with Crippen molar-refractivity contribution in [3.63, 3.8) is 0 Å². The van der Waals surface area contributed by atoms with Crippen molar-refractivity contribution in [2.75, 3.05) is 30.4 Å². The second-order valence-electron chi connectivity index (χ2n) is 6.28. The summed E-state index contributed by atoms with van der Waals surface area (Å²) in [7, 11) is 2.12. The van der Waals surface area contributed by atoms with Gasteiger partial charge in [-0.2, -0.15) is 0 Å². The van der Waals surface area contributed by atoms with E-state index in [1.807, 2.05) is 13.0 Å². The molecule has 114 valence electrons. The van der Waals surface area contributed by atoms with Crippen molar-refractivity contribution >= 4 is 17.3 Å². The number of fused-ring (bicyclic) bond motifs is 1. The van der Waals surface area contributed by atoms with Crippen molar-refractivity contribution in [2.24, 2.45) is 5.92 Å². The molecule has 0 aromatic heterocycles. The van der Waals surface area contributed by atoms with Gasteiger partial charge in [0.05, 0.1) is 6.61 Å². The van der Waals surface area contributed by atoms with Gasteiger partial charge in [-0.15, -0.1) is 0 Å². The number of carbonyl (C=O) groups excluding carboxylic acids is 1. The van der Waals surface area contributed by atoms with Gasteiger partial charge in [-0.1, -0.05) is 0 Å². The summed E-state index contributed by atoms with van der Waals surface area (Å²) >= 11 is 0. The molecule has 4 heteroatoms. The minimum Gasteiger partial charge on any atom is -0.374 e. The molecule has 1 unspecified atom stereocenters. The Balaban J connectivity index is 1.60. The smallest absolute Gasteiger partial charge is 0.253 e. The molecule has 0 saturated heterocycles. The van der Waals surface area contributed by atoms with E-state index in [1.165, 1.54) is 30.5 Å². The van der Waals surface area contributed by atoms with E-state index in [1.54, 1.807) is 0 Å². The summed E-state index contributed by atoms with van der Waals surface area (Å²) in [6, 6.07) is 6.17. The number of benzene rings is 1. The number of nitrogens with zero attached hydrogens (tertiary/aromatic N) is 1. The predicted octanol–water partition coefficient (Wildman–Crippen LogP) is 2.82. The lowest BCUT2D eigenvalue weighted by Crippen LogP contribution is -2.29. The Hall–Kier alpha value is -1.55. The lowest BCUT2D eigenvalue weighted by molar-refractivity contribution is -0.126. The molecule has 1 heterocycles. The van der Waals surface area contributed by atoms with Gasteiger partial charge in [0.1, 0.15) is 6.10 Å². The Morgan fingerprint density at radius 2 is 2.29 bits per heavy atom. The fourth-order valence-corrected chi connectivity index (χ4v) is 2.75. The van der Waals surface area contributed by atoms with Gasteiger partial charge in [0.2, 0.25) is 0 Å². The summed E-state index contributed by atoms with van der Waals surface area (Å²) in [4.78, 5) is 14.4. The third-order valence-corrected chi connectivity index (χ3v) is 4.35. The van der Waals surface area contributed by atoms with E-state index in [2.05, 4.69) is 29.4 Å². The number of hydrogen-bond acceptors (Lipinski definition) is 3. The Labute approximate surface area is 126 Å². The summed E-state index contributed by atoms with van der Waals surface area (Å²) in [6.45, 7) is 3.64. The monoisotopic (exact) mass is 288 g/mol. The van der Waals surface area contributed by atoms with E-state index in [0.717, 1.165) is 18.7 Å². The molecule has 1 N–H and O–H groups in total. The molecular weight excluding hydrogens is 264 g/mol. The third kappa shape index (κ3) is 3.56. The molecule has 1 amide bonds. The number of nitrogens with one attached hydrogen (secondary N) is 1. The van der Waals surface area contributed by atoms with E-state index in [9.17, 15) is 4.79 Å². The Bertz CT molecular complexity index is 526. The second-order valence-corrected chi connectivity index (χ2v) is 6.28. The molecule has 1 saturated carbocycles. The number of amides is 1. The highest BCUT2D eigenvalue weighted by Gasteiger charge is 2.24. The number of hydrogen-bond donors (Lipinski definition) is 1. The second kappa shape index (κ2) is 6.06. The minimum atomic E-state index is -0.385. The summed E-state index contributed by atoms with van der Waals surface area (Å²) in [5.41, 5.74) is 3.46. The molecule has 1 fully saturated rings. The average molecular weight is 288 g/mol. The zero-order chi connectivity index (χ0) is 14.8. The Morgan fingerprint density at radius 3 is 3.05 bits per heavy atom. The predicted molar refractivity (Wildman–Crippen MR) is 84.8 cm³/mol. The quantitative estimate of drug-likeness (QED) is 0.906. The fraction of sp³-hybridized carbons (Fsp3) is 0.588. The third-order valence-electron chi connectivity index (χ3n) is 4.35. The fourth-order valence-electron chi connectivity index (χ4n) is 2.75. The maximum absolute atomic E-state index is 12.1. The van der Waals surface area contributed by atoms with Gasteiger partial charge < -0.3 is 15.0 Å². The van der Waals surface area contributed by atoms with Crippen LogP contribution >= 0.6 is 0 Å². The Kier molecular flexibility index (Phi) is 4.15. The maximum Gasteiger partial charge on any atom is 0.253 e. The summed E-state index contributed by atoms with van der Waals surface area (Å²) in [5.74, 6) is 0.624. The molecule has 4 nitrogen and oxygen atoms in total. The first-order valence-corrected chi connectivity index (χ1v) is 7.90. The molecule has 21 heavy (non-hydrogen) atoms. The molecule has 1 aliphatic heterocycles. The maximum atomic E-state index is 12.1. The van der Waals surface area contributed by atoms with Gasteiger partial charge in [0.15, 0.2) is 0 Å². The number of carbonyl (C=O) groups is 1. The number of ether oxygens (including phenoxy) is 1. The van der Waals surface area contributed by atoms with Crippen LogP contribution in [-0.2, 0) is 16.0 Å². The average Bonchev–Trinajstić information content (AvgIpc) is 3.29. The van der Waals surface area contributed by atoms with Crippen LogP contribution in [0.2, 0.25) is 0 Å². The topological polar surface area (TPSA) is 41.6 Å². The van der Waals surface area contributed by atoms with E-state index in [-0.39, 0.29) is 12.0 Å². The Morgan fingerprint density at radius 1 is 1.48 bits per heavy atom. The molecule has 0 radical (unpaired) electrons. The summed E-state index contributed by atoms with van der Waals surface area (Å²) in [6.07, 6.45) is 4.35. The largest absolute Gasteiger partial charge is 0.374 e. The lowest BCUT2D eigenvalue weighted by Gasteiger charge is -2.28. The van der Waals surface area contributed by atoms with Crippen LogP contribution in [0.4, 0.5) is 11.4 Å². The van der Waals surface area contributed by atoms with E-state index >= 15 is 0 Å². The normalized spacial score (nSPS) is 19.0. The van der Waals surface area contributed by atoms with E-state index < -0.39 is 0 Å². The summed E-state index contributed by atoms with van der Waals surface area (Å²) < 4.78 is 5.61. The molecule has 1 aromatic rings. The molecule has 3 rings (SSSR count). The van der Waals surface area contributed by atoms with Crippen LogP contribution < -0.4 is 10.2 Å². The van der Waals surface area contributed by atoms with Crippen LogP contribution in [0.1, 0.15) is 31.7 Å². The van der Waals surface area contributed by atoms with Crippen LogP contribution in [0.15, 0.2) is 18.2 Å². The zero-order valence-electron chi connectivity index (χ0n) is 12.9. The van der Waals surface area contributed by atoms with Gasteiger partial charge >= 0.3 is 0 Å². The highest BCUT2D eigenvalue weighted by atomic mass is 16.5. The van der Waals surface area contributed by atoms with Crippen molar-refractivity contribution in [1.29, 1.82) is 0 Å². The van der Waals surface area contributed by atoms with Gasteiger partial charge in [0, 0.05) is 25.0 Å². The summed E-state index contributed by atoms with van der Waals surface area (Å²) in [5, 5.41) is 2.97. The minimum absolute atomic E-state index is 0.0558. The van der Waals surface area contributed by atoms with Gasteiger partial charge in [-0.05, 0) is 62.3 Å². The van der Waals surface area contributed by atoms with Crippen molar-refractivity contribution in [1.82, 2.24) is 0 Å². The molecule has 1 aliphatic carbocycles. The van der Waals surface area contributed by atoms with Gasteiger partial charge in [0.25, 0.3) is 5.91 Å². The number of aryl methyl sites for hydroxylation is 1. The van der Waals surface area contributed by atoms with Crippen molar-refractivity contribution in [3.8, 4) is 0 Å². The van der Waals surface area contributed by atoms with E-state index in [4.69, 9.17) is 4.74 Å². The van der Waals surface area contributed by atoms with Gasteiger partial charge in [-0.25, -0.2) is 0 Å². The van der Waals surface area contributed by atoms with Crippen LogP contribution in [-0.4, -0.2) is 32.2 Å². The van der Waals surface area contributed by atoms with Crippen LogP contribution in [0, 0.1) is 5.92 Å².